The van der Waals surface area contributed by atoms with Crippen molar-refractivity contribution in [1.82, 2.24) is 9.88 Å². The molecule has 0 radical (unpaired) electrons. The lowest BCUT2D eigenvalue weighted by molar-refractivity contribution is -0.135. The van der Waals surface area contributed by atoms with Gasteiger partial charge in [0.15, 0.2) is 0 Å². The van der Waals surface area contributed by atoms with Gasteiger partial charge < -0.3 is 9.64 Å². The number of benzene rings is 2. The van der Waals surface area contributed by atoms with Crippen LogP contribution in [0.1, 0.15) is 31.2 Å². The lowest BCUT2D eigenvalue weighted by Gasteiger charge is -2.42. The van der Waals surface area contributed by atoms with E-state index < -0.39 is 0 Å². The van der Waals surface area contributed by atoms with Crippen molar-refractivity contribution in [3.8, 4) is 16.9 Å². The maximum Gasteiger partial charge on any atom is 0.225 e. The van der Waals surface area contributed by atoms with Gasteiger partial charge in [0.1, 0.15) is 11.4 Å². The Morgan fingerprint density at radius 2 is 1.87 bits per heavy atom. The number of rotatable bonds is 2. The molecule has 3 heterocycles. The maximum absolute atomic E-state index is 12.3. The van der Waals surface area contributed by atoms with E-state index in [1.165, 1.54) is 0 Å². The van der Waals surface area contributed by atoms with Crippen LogP contribution in [0.25, 0.3) is 28.1 Å². The van der Waals surface area contributed by atoms with E-state index in [0.717, 1.165) is 72.1 Å². The number of hydrogen-bond acceptors (Lipinski definition) is 3. The molecule has 1 saturated heterocycles. The summed E-state index contributed by atoms with van der Waals surface area (Å²) in [5, 5.41) is 1.14. The van der Waals surface area contributed by atoms with Gasteiger partial charge in [-0.25, -0.2) is 0 Å². The van der Waals surface area contributed by atoms with Crippen molar-refractivity contribution < 1.29 is 9.53 Å². The molecule has 3 aliphatic rings. The van der Waals surface area contributed by atoms with Gasteiger partial charge in [-0.15, -0.1) is 0 Å². The molecule has 150 valence electrons. The number of para-hydroxylation sites is 1. The molecule has 4 heteroatoms. The van der Waals surface area contributed by atoms with Gasteiger partial charge in [0, 0.05) is 54.6 Å². The first-order chi connectivity index (χ1) is 14.7. The Bertz CT molecular complexity index is 1170. The Morgan fingerprint density at radius 1 is 1.03 bits per heavy atom. The molecule has 2 fully saturated rings. The van der Waals surface area contributed by atoms with Crippen LogP contribution in [-0.2, 0) is 4.79 Å². The van der Waals surface area contributed by atoms with E-state index in [4.69, 9.17) is 4.74 Å². The number of likely N-dealkylation sites (tertiary alicyclic amines) is 1. The number of carbonyl (C=O) groups excluding carboxylic acids is 1. The van der Waals surface area contributed by atoms with Crippen molar-refractivity contribution in [2.24, 2.45) is 5.92 Å². The van der Waals surface area contributed by atoms with Crippen LogP contribution in [0, 0.1) is 5.92 Å². The molecule has 4 nitrogen and oxygen atoms in total. The summed E-state index contributed by atoms with van der Waals surface area (Å²) in [6.45, 7) is 1.58. The van der Waals surface area contributed by atoms with Crippen LogP contribution in [0.3, 0.4) is 0 Å². The van der Waals surface area contributed by atoms with E-state index in [9.17, 15) is 4.79 Å². The van der Waals surface area contributed by atoms with Crippen molar-refractivity contribution in [2.75, 3.05) is 13.1 Å². The number of fused-ring (bicyclic) bond motifs is 2. The number of hydrogen-bond donors (Lipinski definition) is 0. The smallest absolute Gasteiger partial charge is 0.225 e. The fourth-order valence-electron chi connectivity index (χ4n) is 4.64. The maximum atomic E-state index is 12.3. The highest BCUT2D eigenvalue weighted by molar-refractivity contribution is 5.84. The highest BCUT2D eigenvalue weighted by Gasteiger charge is 2.41. The third-order valence-electron chi connectivity index (χ3n) is 6.66. The number of ether oxygens (including phenoxy) is 1. The zero-order valence-corrected chi connectivity index (χ0v) is 16.9. The van der Waals surface area contributed by atoms with E-state index in [0.29, 0.717) is 11.8 Å². The predicted molar refractivity (Wildman–Crippen MR) is 118 cm³/mol. The Balaban J connectivity index is 1.23. The molecule has 6 rings (SSSR count). The van der Waals surface area contributed by atoms with Crippen molar-refractivity contribution in [3.05, 3.63) is 66.4 Å². The molecule has 0 atom stereocenters. The summed E-state index contributed by atoms with van der Waals surface area (Å²) in [5.74, 6) is 1.57. The molecule has 2 aliphatic heterocycles. The molecule has 1 spiro atoms. The summed E-state index contributed by atoms with van der Waals surface area (Å²) >= 11 is 0. The lowest BCUT2D eigenvalue weighted by atomic mass is 9.87. The second-order valence-corrected chi connectivity index (χ2v) is 8.77. The molecule has 1 aliphatic carbocycles. The van der Waals surface area contributed by atoms with Crippen LogP contribution in [0.2, 0.25) is 0 Å². The van der Waals surface area contributed by atoms with Gasteiger partial charge in [-0.1, -0.05) is 30.3 Å². The first kappa shape index (κ1) is 17.7. The molecule has 30 heavy (non-hydrogen) atoms. The number of carbonyl (C=O) groups is 1. The second kappa shape index (κ2) is 6.69. The average molecular weight is 396 g/mol. The highest BCUT2D eigenvalue weighted by Crippen LogP contribution is 2.40. The van der Waals surface area contributed by atoms with Crippen molar-refractivity contribution in [1.29, 1.82) is 0 Å². The van der Waals surface area contributed by atoms with Crippen LogP contribution in [-0.4, -0.2) is 34.5 Å². The molecule has 2 aromatic carbocycles. The topological polar surface area (TPSA) is 42.4 Å². The summed E-state index contributed by atoms with van der Waals surface area (Å²) in [6.07, 6.45) is 10.2. The standard InChI is InChI=1S/C26H24N2O2/c29-25(18-5-6-18)28-13-11-26(12-14-28)10-9-21-15-19(7-8-24(21)30-26)22-16-20-3-1-2-4-23(20)27-17-22/h1-4,7-10,15-18H,5-6,11-14H2. The SMILES string of the molecule is O=C(C1CC1)N1CCC2(C=Cc3cc(-c4cnc5ccccc5c4)ccc3O2)CC1. The third-order valence-corrected chi connectivity index (χ3v) is 6.66. The molecule has 0 N–H and O–H groups in total. The van der Waals surface area contributed by atoms with E-state index >= 15 is 0 Å². The molecular weight excluding hydrogens is 372 g/mol. The Labute approximate surface area is 176 Å². The number of amides is 1. The zero-order chi connectivity index (χ0) is 20.1. The normalized spacial score (nSPS) is 19.5. The van der Waals surface area contributed by atoms with Gasteiger partial charge in [0.2, 0.25) is 5.91 Å². The van der Waals surface area contributed by atoms with E-state index in [1.54, 1.807) is 0 Å². The lowest BCUT2D eigenvalue weighted by Crippen LogP contribution is -2.49. The largest absolute Gasteiger partial charge is 0.482 e. The van der Waals surface area contributed by atoms with Gasteiger partial charge in [-0.3, -0.25) is 9.78 Å². The van der Waals surface area contributed by atoms with Crippen LogP contribution >= 0.6 is 0 Å². The van der Waals surface area contributed by atoms with E-state index in [-0.39, 0.29) is 5.60 Å². The number of piperidine rings is 1. The minimum absolute atomic E-state index is 0.278. The molecule has 3 aromatic rings. The first-order valence-electron chi connectivity index (χ1n) is 10.9. The zero-order valence-electron chi connectivity index (χ0n) is 16.9. The number of nitrogens with zero attached hydrogens (tertiary/aromatic N) is 2. The molecule has 1 amide bonds. The van der Waals surface area contributed by atoms with E-state index in [1.807, 2.05) is 29.3 Å². The number of aromatic nitrogens is 1. The van der Waals surface area contributed by atoms with E-state index in [2.05, 4.69) is 47.5 Å². The third kappa shape index (κ3) is 3.07. The minimum Gasteiger partial charge on any atom is -0.482 e. The van der Waals surface area contributed by atoms with Crippen LogP contribution in [0.4, 0.5) is 0 Å². The average Bonchev–Trinajstić information content (AvgIpc) is 3.64. The molecule has 1 aromatic heterocycles. The van der Waals surface area contributed by atoms with Crippen molar-refractivity contribution >= 4 is 22.9 Å². The summed E-state index contributed by atoms with van der Waals surface area (Å²) in [5.41, 5.74) is 4.08. The van der Waals surface area contributed by atoms with Crippen LogP contribution in [0.5, 0.6) is 5.75 Å². The summed E-state index contributed by atoms with van der Waals surface area (Å²) in [7, 11) is 0. The van der Waals surface area contributed by atoms with Crippen molar-refractivity contribution in [2.45, 2.75) is 31.3 Å². The monoisotopic (exact) mass is 396 g/mol. The molecule has 1 saturated carbocycles. The fourth-order valence-corrected chi connectivity index (χ4v) is 4.64. The summed E-state index contributed by atoms with van der Waals surface area (Å²) in [6, 6.07) is 16.7. The predicted octanol–water partition coefficient (Wildman–Crippen LogP) is 5.08. The highest BCUT2D eigenvalue weighted by atomic mass is 16.5. The van der Waals surface area contributed by atoms with Gasteiger partial charge >= 0.3 is 0 Å². The summed E-state index contributed by atoms with van der Waals surface area (Å²) < 4.78 is 6.49. The molecule has 0 bridgehead atoms. The molecular formula is C26H24N2O2. The van der Waals surface area contributed by atoms with Crippen LogP contribution in [0.15, 0.2) is 60.8 Å². The fraction of sp³-hybridized carbons (Fsp3) is 0.308. The van der Waals surface area contributed by atoms with Gasteiger partial charge in [0.25, 0.3) is 0 Å². The second-order valence-electron chi connectivity index (χ2n) is 8.77. The first-order valence-corrected chi connectivity index (χ1v) is 10.9. The van der Waals surface area contributed by atoms with Gasteiger partial charge in [0.05, 0.1) is 5.52 Å². The number of pyridine rings is 1. The molecule has 0 unspecified atom stereocenters. The summed E-state index contributed by atoms with van der Waals surface area (Å²) in [4.78, 5) is 19.0. The quantitative estimate of drug-likeness (QED) is 0.607. The minimum atomic E-state index is -0.278. The van der Waals surface area contributed by atoms with Crippen molar-refractivity contribution in [3.63, 3.8) is 0 Å². The van der Waals surface area contributed by atoms with Crippen LogP contribution < -0.4 is 4.74 Å². The Hall–Kier alpha value is -3.14. The van der Waals surface area contributed by atoms with Gasteiger partial charge in [-0.05, 0) is 48.7 Å². The Morgan fingerprint density at radius 3 is 2.70 bits per heavy atom. The van der Waals surface area contributed by atoms with Gasteiger partial charge in [-0.2, -0.15) is 0 Å². The Kier molecular flexibility index (Phi) is 3.95.